The maximum Gasteiger partial charge on any atom is 0.319 e. The van der Waals surface area contributed by atoms with E-state index in [1.54, 1.807) is 50.6 Å². The number of amides is 2. The van der Waals surface area contributed by atoms with E-state index in [2.05, 4.69) is 49.8 Å². The van der Waals surface area contributed by atoms with E-state index in [9.17, 15) is 4.79 Å². The molecular formula is C28H29N5O4. The number of nitrogens with zero attached hydrogens (tertiary/aromatic N) is 3. The molecule has 2 amide bonds. The number of likely N-dealkylation sites (tertiary alicyclic amines) is 1. The molecule has 5 rings (SSSR count). The summed E-state index contributed by atoms with van der Waals surface area (Å²) in [5.74, 6) is 2.11. The molecule has 3 aromatic carbocycles. The number of hydrogen-bond acceptors (Lipinski definition) is 7. The predicted molar refractivity (Wildman–Crippen MR) is 141 cm³/mol. The van der Waals surface area contributed by atoms with Crippen LogP contribution in [0.2, 0.25) is 0 Å². The molecule has 2 heterocycles. The molecule has 1 aliphatic rings. The lowest BCUT2D eigenvalue weighted by atomic mass is 10.2. The zero-order valence-corrected chi connectivity index (χ0v) is 20.8. The highest BCUT2D eigenvalue weighted by molar-refractivity contribution is 5.89. The van der Waals surface area contributed by atoms with Gasteiger partial charge in [-0.3, -0.25) is 4.90 Å². The van der Waals surface area contributed by atoms with Crippen molar-refractivity contribution in [2.45, 2.75) is 19.0 Å². The number of anilines is 1. The number of fused-ring (bicyclic) bond motifs is 1. The summed E-state index contributed by atoms with van der Waals surface area (Å²) in [7, 11) is 3.15. The Hall–Kier alpha value is -4.37. The molecule has 0 aliphatic carbocycles. The number of aromatic nitrogens is 2. The van der Waals surface area contributed by atoms with Crippen LogP contribution in [0.25, 0.3) is 10.9 Å². The van der Waals surface area contributed by atoms with Gasteiger partial charge < -0.3 is 24.8 Å². The highest BCUT2D eigenvalue weighted by Gasteiger charge is 2.23. The fraction of sp³-hybridized carbons (Fsp3) is 0.250. The number of carbonyl (C=O) groups excluding carboxylic acids is 1. The number of urea groups is 1. The molecule has 190 valence electrons. The summed E-state index contributed by atoms with van der Waals surface area (Å²) in [5, 5.41) is 6.67. The lowest BCUT2D eigenvalue weighted by Crippen LogP contribution is -2.39. The van der Waals surface area contributed by atoms with E-state index < -0.39 is 0 Å². The lowest BCUT2D eigenvalue weighted by Gasteiger charge is -2.17. The summed E-state index contributed by atoms with van der Waals surface area (Å²) in [6.07, 6.45) is 2.37. The fourth-order valence-corrected chi connectivity index (χ4v) is 4.45. The number of benzene rings is 3. The van der Waals surface area contributed by atoms with Crippen LogP contribution >= 0.6 is 0 Å². The molecule has 0 bridgehead atoms. The Morgan fingerprint density at radius 2 is 1.76 bits per heavy atom. The Labute approximate surface area is 215 Å². The number of rotatable bonds is 8. The molecule has 2 N–H and O–H groups in total. The van der Waals surface area contributed by atoms with Gasteiger partial charge in [-0.1, -0.05) is 30.3 Å². The van der Waals surface area contributed by atoms with E-state index in [0.717, 1.165) is 26.1 Å². The summed E-state index contributed by atoms with van der Waals surface area (Å²) < 4.78 is 16.8. The van der Waals surface area contributed by atoms with E-state index in [-0.39, 0.29) is 12.1 Å². The molecule has 0 spiro atoms. The third-order valence-corrected chi connectivity index (χ3v) is 6.29. The first-order valence-corrected chi connectivity index (χ1v) is 12.1. The van der Waals surface area contributed by atoms with Gasteiger partial charge in [0.05, 0.1) is 25.1 Å². The molecule has 37 heavy (non-hydrogen) atoms. The number of carbonyl (C=O) groups is 1. The third kappa shape index (κ3) is 5.90. The van der Waals surface area contributed by atoms with E-state index in [1.807, 2.05) is 6.07 Å². The van der Waals surface area contributed by atoms with Crippen molar-refractivity contribution < 1.29 is 19.0 Å². The van der Waals surface area contributed by atoms with Crippen molar-refractivity contribution in [3.8, 4) is 23.1 Å². The van der Waals surface area contributed by atoms with Crippen LogP contribution in [0.4, 0.5) is 10.5 Å². The topological polar surface area (TPSA) is 97.8 Å². The maximum atomic E-state index is 12.6. The van der Waals surface area contributed by atoms with Crippen molar-refractivity contribution >= 4 is 22.6 Å². The van der Waals surface area contributed by atoms with Crippen LogP contribution in [0.3, 0.4) is 0 Å². The monoisotopic (exact) mass is 499 g/mol. The van der Waals surface area contributed by atoms with Crippen LogP contribution in [-0.4, -0.2) is 54.2 Å². The summed E-state index contributed by atoms with van der Waals surface area (Å²) in [5.41, 5.74) is 2.62. The lowest BCUT2D eigenvalue weighted by molar-refractivity contribution is 0.247. The summed E-state index contributed by atoms with van der Waals surface area (Å²) >= 11 is 0. The van der Waals surface area contributed by atoms with Gasteiger partial charge in [0.15, 0.2) is 11.5 Å². The van der Waals surface area contributed by atoms with Crippen molar-refractivity contribution in [3.05, 3.63) is 78.6 Å². The van der Waals surface area contributed by atoms with Crippen LogP contribution in [0.5, 0.6) is 23.1 Å². The molecule has 9 heteroatoms. The highest BCUT2D eigenvalue weighted by Crippen LogP contribution is 2.35. The summed E-state index contributed by atoms with van der Waals surface area (Å²) in [4.78, 5) is 23.5. The van der Waals surface area contributed by atoms with Gasteiger partial charge in [0.2, 0.25) is 5.88 Å². The first-order valence-electron chi connectivity index (χ1n) is 12.1. The molecule has 0 radical (unpaired) electrons. The van der Waals surface area contributed by atoms with Gasteiger partial charge in [-0.05, 0) is 42.3 Å². The van der Waals surface area contributed by atoms with Crippen molar-refractivity contribution in [1.29, 1.82) is 0 Å². The Morgan fingerprint density at radius 3 is 2.51 bits per heavy atom. The zero-order valence-electron chi connectivity index (χ0n) is 20.8. The predicted octanol–water partition coefficient (Wildman–Crippen LogP) is 4.84. The standard InChI is InChI=1S/C28H29N5O4/c1-35-25-14-23-24(15-26(25)36-2)29-18-30-27(23)37-22-10-8-20(9-11-22)31-28(34)32-21-12-13-33(17-21)16-19-6-4-3-5-7-19/h3-11,14-15,18,21H,12-13,16-17H2,1-2H3,(H2,31,32,34). The van der Waals surface area contributed by atoms with Gasteiger partial charge in [0.25, 0.3) is 0 Å². The average molecular weight is 500 g/mol. The molecule has 1 atom stereocenters. The second-order valence-corrected chi connectivity index (χ2v) is 8.83. The van der Waals surface area contributed by atoms with Gasteiger partial charge in [-0.15, -0.1) is 0 Å². The molecule has 1 fully saturated rings. The molecule has 1 aliphatic heterocycles. The molecule has 1 unspecified atom stereocenters. The molecule has 0 saturated carbocycles. The zero-order chi connectivity index (χ0) is 25.6. The van der Waals surface area contributed by atoms with Gasteiger partial charge in [-0.2, -0.15) is 0 Å². The highest BCUT2D eigenvalue weighted by atomic mass is 16.5. The van der Waals surface area contributed by atoms with Crippen LogP contribution in [0.1, 0.15) is 12.0 Å². The average Bonchev–Trinajstić information content (AvgIpc) is 3.36. The smallest absolute Gasteiger partial charge is 0.319 e. The van der Waals surface area contributed by atoms with Crippen molar-refractivity contribution in [2.24, 2.45) is 0 Å². The van der Waals surface area contributed by atoms with E-state index in [0.29, 0.717) is 39.7 Å². The molecule has 1 aromatic heterocycles. The van der Waals surface area contributed by atoms with Gasteiger partial charge >= 0.3 is 6.03 Å². The molecule has 1 saturated heterocycles. The van der Waals surface area contributed by atoms with Gasteiger partial charge in [0, 0.05) is 37.4 Å². The molecule has 9 nitrogen and oxygen atoms in total. The van der Waals surface area contributed by atoms with E-state index >= 15 is 0 Å². The Morgan fingerprint density at radius 1 is 1.00 bits per heavy atom. The van der Waals surface area contributed by atoms with E-state index in [1.165, 1.54) is 11.9 Å². The number of methoxy groups -OCH3 is 2. The summed E-state index contributed by atoms with van der Waals surface area (Å²) in [6.45, 7) is 2.69. The number of nitrogens with one attached hydrogen (secondary N) is 2. The first-order chi connectivity index (χ1) is 18.1. The summed E-state index contributed by atoms with van der Waals surface area (Å²) in [6, 6.07) is 21.0. The minimum Gasteiger partial charge on any atom is -0.493 e. The van der Waals surface area contributed by atoms with Crippen molar-refractivity contribution in [2.75, 3.05) is 32.6 Å². The number of hydrogen-bond donors (Lipinski definition) is 2. The fourth-order valence-electron chi connectivity index (χ4n) is 4.45. The molecule has 4 aromatic rings. The van der Waals surface area contributed by atoms with Crippen molar-refractivity contribution in [1.82, 2.24) is 20.2 Å². The largest absolute Gasteiger partial charge is 0.493 e. The Kier molecular flexibility index (Phi) is 7.32. The third-order valence-electron chi connectivity index (χ3n) is 6.29. The molecular weight excluding hydrogens is 470 g/mol. The number of ether oxygens (including phenoxy) is 3. The second-order valence-electron chi connectivity index (χ2n) is 8.83. The van der Waals surface area contributed by atoms with Crippen LogP contribution in [0.15, 0.2) is 73.1 Å². The van der Waals surface area contributed by atoms with Crippen LogP contribution in [-0.2, 0) is 6.54 Å². The normalized spacial score (nSPS) is 15.4. The Bertz CT molecular complexity index is 1360. The van der Waals surface area contributed by atoms with E-state index in [4.69, 9.17) is 14.2 Å². The van der Waals surface area contributed by atoms with Crippen LogP contribution < -0.4 is 24.8 Å². The minimum absolute atomic E-state index is 0.118. The SMILES string of the molecule is COc1cc2ncnc(Oc3ccc(NC(=O)NC4CCN(Cc5ccccc5)C4)cc3)c2cc1OC. The minimum atomic E-state index is -0.219. The quantitative estimate of drug-likeness (QED) is 0.358. The van der Waals surface area contributed by atoms with Gasteiger partial charge in [-0.25, -0.2) is 14.8 Å². The first kappa shape index (κ1) is 24.3. The van der Waals surface area contributed by atoms with Crippen molar-refractivity contribution in [3.63, 3.8) is 0 Å². The van der Waals surface area contributed by atoms with Gasteiger partial charge in [0.1, 0.15) is 12.1 Å². The Balaban J connectivity index is 1.17. The van der Waals surface area contributed by atoms with Crippen LogP contribution in [0, 0.1) is 0 Å². The second kappa shape index (κ2) is 11.1. The maximum absolute atomic E-state index is 12.6.